The summed E-state index contributed by atoms with van der Waals surface area (Å²) in [4.78, 5) is 8.00. The van der Waals surface area contributed by atoms with Crippen LogP contribution in [0, 0.1) is 12.3 Å². The standard InChI is InChI=1S/C10H13N3/c1-3-5-9(12-4-2)10-6-7-11-8-13-10/h1,6-9,12H,4-5H2,2H3. The first-order valence-corrected chi connectivity index (χ1v) is 4.31. The van der Waals surface area contributed by atoms with Crippen LogP contribution in [0.4, 0.5) is 0 Å². The minimum Gasteiger partial charge on any atom is -0.308 e. The van der Waals surface area contributed by atoms with Crippen LogP contribution in [0.25, 0.3) is 0 Å². The van der Waals surface area contributed by atoms with Gasteiger partial charge in [0.1, 0.15) is 6.33 Å². The lowest BCUT2D eigenvalue weighted by Gasteiger charge is -2.13. The van der Waals surface area contributed by atoms with Gasteiger partial charge in [0.15, 0.2) is 0 Å². The zero-order valence-electron chi connectivity index (χ0n) is 7.70. The molecule has 1 rings (SSSR count). The first-order valence-electron chi connectivity index (χ1n) is 4.31. The molecule has 1 aromatic heterocycles. The minimum atomic E-state index is 0.151. The highest BCUT2D eigenvalue weighted by atomic mass is 14.9. The summed E-state index contributed by atoms with van der Waals surface area (Å²) in [6.07, 6.45) is 9.18. The smallest absolute Gasteiger partial charge is 0.115 e. The van der Waals surface area contributed by atoms with Crippen LogP contribution in [0.2, 0.25) is 0 Å². The third-order valence-electron chi connectivity index (χ3n) is 1.73. The van der Waals surface area contributed by atoms with Gasteiger partial charge in [-0.1, -0.05) is 6.92 Å². The molecule has 1 heterocycles. The van der Waals surface area contributed by atoms with Gasteiger partial charge in [-0.2, -0.15) is 0 Å². The zero-order chi connectivity index (χ0) is 9.52. The lowest BCUT2D eigenvalue weighted by Crippen LogP contribution is -2.21. The van der Waals surface area contributed by atoms with E-state index >= 15 is 0 Å². The normalized spacial score (nSPS) is 12.0. The number of rotatable bonds is 4. The topological polar surface area (TPSA) is 37.8 Å². The Bertz CT molecular complexity index is 276. The van der Waals surface area contributed by atoms with Crippen molar-refractivity contribution in [2.24, 2.45) is 0 Å². The third kappa shape index (κ3) is 2.85. The molecule has 1 N–H and O–H groups in total. The highest BCUT2D eigenvalue weighted by Crippen LogP contribution is 2.11. The lowest BCUT2D eigenvalue weighted by atomic mass is 10.1. The van der Waals surface area contributed by atoms with Crippen LogP contribution >= 0.6 is 0 Å². The van der Waals surface area contributed by atoms with E-state index in [1.54, 1.807) is 6.20 Å². The van der Waals surface area contributed by atoms with Crippen molar-refractivity contribution in [2.45, 2.75) is 19.4 Å². The van der Waals surface area contributed by atoms with E-state index < -0.39 is 0 Å². The van der Waals surface area contributed by atoms with E-state index in [1.807, 2.05) is 13.0 Å². The second-order valence-corrected chi connectivity index (χ2v) is 2.65. The Morgan fingerprint density at radius 3 is 3.08 bits per heavy atom. The molecule has 0 amide bonds. The Morgan fingerprint density at radius 1 is 1.69 bits per heavy atom. The summed E-state index contributed by atoms with van der Waals surface area (Å²) in [5.74, 6) is 2.63. The SMILES string of the molecule is C#CCC(NCC)c1ccncn1. The van der Waals surface area contributed by atoms with Gasteiger partial charge in [0.05, 0.1) is 11.7 Å². The summed E-state index contributed by atoms with van der Waals surface area (Å²) in [6, 6.07) is 2.03. The second kappa shape index (κ2) is 5.28. The Kier molecular flexibility index (Phi) is 3.94. The maximum atomic E-state index is 5.26. The Balaban J connectivity index is 2.71. The number of hydrogen-bond donors (Lipinski definition) is 1. The van der Waals surface area contributed by atoms with E-state index in [1.165, 1.54) is 6.33 Å². The molecule has 0 aliphatic carbocycles. The summed E-state index contributed by atoms with van der Waals surface area (Å²) in [6.45, 7) is 2.93. The number of terminal acetylenes is 1. The fourth-order valence-electron chi connectivity index (χ4n) is 1.15. The summed E-state index contributed by atoms with van der Waals surface area (Å²) in [7, 11) is 0. The van der Waals surface area contributed by atoms with Gasteiger partial charge in [-0.3, -0.25) is 0 Å². The molecule has 0 fully saturated rings. The van der Waals surface area contributed by atoms with Crippen LogP contribution in [-0.4, -0.2) is 16.5 Å². The average molecular weight is 175 g/mol. The molecular weight excluding hydrogens is 162 g/mol. The minimum absolute atomic E-state index is 0.151. The largest absolute Gasteiger partial charge is 0.308 e. The van der Waals surface area contributed by atoms with Crippen molar-refractivity contribution >= 4 is 0 Å². The van der Waals surface area contributed by atoms with E-state index in [9.17, 15) is 0 Å². The molecule has 3 heteroatoms. The van der Waals surface area contributed by atoms with Crippen LogP contribution < -0.4 is 5.32 Å². The molecule has 0 aliphatic heterocycles. The molecule has 0 saturated heterocycles. The molecule has 1 atom stereocenters. The fourth-order valence-corrected chi connectivity index (χ4v) is 1.15. The fraction of sp³-hybridized carbons (Fsp3) is 0.400. The number of nitrogens with zero attached hydrogens (tertiary/aromatic N) is 2. The quantitative estimate of drug-likeness (QED) is 0.697. The van der Waals surface area contributed by atoms with Crippen molar-refractivity contribution in [1.82, 2.24) is 15.3 Å². The van der Waals surface area contributed by atoms with Crippen molar-refractivity contribution < 1.29 is 0 Å². The Hall–Kier alpha value is -1.40. The van der Waals surface area contributed by atoms with Crippen LogP contribution in [0.3, 0.4) is 0 Å². The average Bonchev–Trinajstić information content (AvgIpc) is 2.19. The van der Waals surface area contributed by atoms with Crippen molar-refractivity contribution in [3.05, 3.63) is 24.3 Å². The summed E-state index contributed by atoms with van der Waals surface area (Å²) in [5, 5.41) is 3.27. The molecule has 1 aromatic rings. The van der Waals surface area contributed by atoms with Gasteiger partial charge >= 0.3 is 0 Å². The molecule has 0 radical (unpaired) electrons. The second-order valence-electron chi connectivity index (χ2n) is 2.65. The van der Waals surface area contributed by atoms with Crippen LogP contribution in [-0.2, 0) is 0 Å². The molecular formula is C10H13N3. The number of nitrogens with one attached hydrogen (secondary N) is 1. The maximum absolute atomic E-state index is 5.26. The van der Waals surface area contributed by atoms with Gasteiger partial charge < -0.3 is 5.32 Å². The Labute approximate surface area is 78.6 Å². The van der Waals surface area contributed by atoms with E-state index in [0.29, 0.717) is 6.42 Å². The molecule has 68 valence electrons. The van der Waals surface area contributed by atoms with Gasteiger partial charge in [-0.25, -0.2) is 9.97 Å². The van der Waals surface area contributed by atoms with Crippen LogP contribution in [0.5, 0.6) is 0 Å². The first kappa shape index (κ1) is 9.69. The van der Waals surface area contributed by atoms with Crippen molar-refractivity contribution in [1.29, 1.82) is 0 Å². The van der Waals surface area contributed by atoms with Crippen molar-refractivity contribution in [3.8, 4) is 12.3 Å². The van der Waals surface area contributed by atoms with Gasteiger partial charge in [0.2, 0.25) is 0 Å². The predicted molar refractivity (Wildman–Crippen MR) is 51.9 cm³/mol. The zero-order valence-corrected chi connectivity index (χ0v) is 7.70. The number of hydrogen-bond acceptors (Lipinski definition) is 3. The van der Waals surface area contributed by atoms with Gasteiger partial charge in [-0.05, 0) is 12.6 Å². The van der Waals surface area contributed by atoms with Crippen LogP contribution in [0.15, 0.2) is 18.6 Å². The highest BCUT2D eigenvalue weighted by molar-refractivity contribution is 5.08. The van der Waals surface area contributed by atoms with E-state index in [2.05, 4.69) is 21.2 Å². The molecule has 13 heavy (non-hydrogen) atoms. The molecule has 0 saturated carbocycles. The monoisotopic (exact) mass is 175 g/mol. The summed E-state index contributed by atoms with van der Waals surface area (Å²) >= 11 is 0. The predicted octanol–water partition coefficient (Wildman–Crippen LogP) is 1.15. The number of aromatic nitrogens is 2. The van der Waals surface area contributed by atoms with Crippen molar-refractivity contribution in [3.63, 3.8) is 0 Å². The molecule has 1 unspecified atom stereocenters. The lowest BCUT2D eigenvalue weighted by molar-refractivity contribution is 0.550. The van der Waals surface area contributed by atoms with E-state index in [0.717, 1.165) is 12.2 Å². The molecule has 0 spiro atoms. The first-order chi connectivity index (χ1) is 6.38. The van der Waals surface area contributed by atoms with E-state index in [-0.39, 0.29) is 6.04 Å². The summed E-state index contributed by atoms with van der Waals surface area (Å²) < 4.78 is 0. The summed E-state index contributed by atoms with van der Waals surface area (Å²) in [5.41, 5.74) is 0.954. The molecule has 0 bridgehead atoms. The highest BCUT2D eigenvalue weighted by Gasteiger charge is 2.08. The molecule has 0 aliphatic rings. The molecule has 3 nitrogen and oxygen atoms in total. The Morgan fingerprint density at radius 2 is 2.54 bits per heavy atom. The third-order valence-corrected chi connectivity index (χ3v) is 1.73. The van der Waals surface area contributed by atoms with E-state index in [4.69, 9.17) is 6.42 Å². The maximum Gasteiger partial charge on any atom is 0.115 e. The van der Waals surface area contributed by atoms with Crippen LogP contribution in [0.1, 0.15) is 25.1 Å². The van der Waals surface area contributed by atoms with Gasteiger partial charge in [-0.15, -0.1) is 12.3 Å². The van der Waals surface area contributed by atoms with Crippen molar-refractivity contribution in [2.75, 3.05) is 6.54 Å². The van der Waals surface area contributed by atoms with Gasteiger partial charge in [0.25, 0.3) is 0 Å². The molecule has 0 aromatic carbocycles. The van der Waals surface area contributed by atoms with Gasteiger partial charge in [0, 0.05) is 12.6 Å².